The lowest BCUT2D eigenvalue weighted by atomic mass is 10.0. The Morgan fingerprint density at radius 2 is 1.58 bits per heavy atom. The van der Waals surface area contributed by atoms with Gasteiger partial charge in [-0.2, -0.15) is 0 Å². The van der Waals surface area contributed by atoms with E-state index >= 15 is 0 Å². The summed E-state index contributed by atoms with van der Waals surface area (Å²) < 4.78 is 18.0. The number of rotatable bonds is 12. The summed E-state index contributed by atoms with van der Waals surface area (Å²) in [4.78, 5) is 30.5. The van der Waals surface area contributed by atoms with Gasteiger partial charge in [-0.3, -0.25) is 9.59 Å². The molecule has 0 aliphatic heterocycles. The van der Waals surface area contributed by atoms with Crippen molar-refractivity contribution in [2.75, 3.05) is 41.0 Å². The molecule has 3 aromatic rings. The molecular formula is C30H39N3O5. The molecule has 1 aromatic heterocycles. The van der Waals surface area contributed by atoms with Gasteiger partial charge in [0.15, 0.2) is 0 Å². The van der Waals surface area contributed by atoms with E-state index in [0.29, 0.717) is 37.6 Å². The van der Waals surface area contributed by atoms with Crippen LogP contribution in [0.3, 0.4) is 0 Å². The molecule has 0 N–H and O–H groups in total. The van der Waals surface area contributed by atoms with Crippen LogP contribution in [0, 0.1) is 0 Å². The molecule has 0 bridgehead atoms. The summed E-state index contributed by atoms with van der Waals surface area (Å²) >= 11 is 0. The average Bonchev–Trinajstić information content (AvgIpc) is 3.34. The molecule has 3 rings (SSSR count). The lowest BCUT2D eigenvalue weighted by Gasteiger charge is -2.37. The van der Waals surface area contributed by atoms with E-state index in [9.17, 15) is 9.59 Å². The molecule has 0 fully saturated rings. The molecular weight excluding hydrogens is 482 g/mol. The quantitative estimate of drug-likeness (QED) is 0.352. The number of ether oxygens (including phenoxy) is 3. The fourth-order valence-corrected chi connectivity index (χ4v) is 4.22. The second-order valence-corrected chi connectivity index (χ2v) is 10.1. The molecule has 204 valence electrons. The lowest BCUT2D eigenvalue weighted by Crippen LogP contribution is -2.50. The summed E-state index contributed by atoms with van der Waals surface area (Å²) in [5, 5.41) is 0. The monoisotopic (exact) mass is 521 g/mol. The van der Waals surface area contributed by atoms with Gasteiger partial charge in [-0.05, 0) is 68.8 Å². The van der Waals surface area contributed by atoms with Crippen LogP contribution in [-0.4, -0.2) is 72.7 Å². The zero-order valence-electron chi connectivity index (χ0n) is 23.3. The Labute approximate surface area is 225 Å². The van der Waals surface area contributed by atoms with Crippen molar-refractivity contribution in [2.24, 2.45) is 0 Å². The van der Waals surface area contributed by atoms with Crippen LogP contribution >= 0.6 is 0 Å². The maximum atomic E-state index is 13.7. The number of benzene rings is 2. The molecule has 8 nitrogen and oxygen atoms in total. The molecule has 8 heteroatoms. The van der Waals surface area contributed by atoms with E-state index < -0.39 is 5.54 Å². The van der Waals surface area contributed by atoms with Gasteiger partial charge in [-0.15, -0.1) is 0 Å². The Hall–Kier alpha value is -3.78. The number of methoxy groups -OCH3 is 3. The first kappa shape index (κ1) is 28.8. The van der Waals surface area contributed by atoms with Crippen LogP contribution in [0.1, 0.15) is 42.4 Å². The number of amides is 2. The van der Waals surface area contributed by atoms with Crippen LogP contribution in [0.2, 0.25) is 0 Å². The average molecular weight is 522 g/mol. The van der Waals surface area contributed by atoms with E-state index in [1.165, 1.54) is 4.90 Å². The van der Waals surface area contributed by atoms with Gasteiger partial charge in [-0.1, -0.05) is 18.2 Å². The molecule has 2 aromatic carbocycles. The normalized spacial score (nSPS) is 11.2. The van der Waals surface area contributed by atoms with Crippen LogP contribution in [0.4, 0.5) is 0 Å². The van der Waals surface area contributed by atoms with Crippen LogP contribution in [0.5, 0.6) is 11.5 Å². The number of carbonyl (C=O) groups excluding carboxylic acids is 2. The zero-order valence-corrected chi connectivity index (χ0v) is 23.3. The fraction of sp³-hybridized carbons (Fsp3) is 0.400. The summed E-state index contributed by atoms with van der Waals surface area (Å²) in [5.74, 6) is 1.00. The van der Waals surface area contributed by atoms with E-state index in [0.717, 1.165) is 17.0 Å². The predicted octanol–water partition coefficient (Wildman–Crippen LogP) is 4.47. The maximum absolute atomic E-state index is 13.7. The SMILES string of the molecule is COCCN(CC(=O)N(Cc1cccn1Cc1cccc(OC)c1)C(C)(C)C)C(=O)c1cccc(OC)c1. The van der Waals surface area contributed by atoms with Crippen molar-refractivity contribution in [1.82, 2.24) is 14.4 Å². The Balaban J connectivity index is 1.81. The number of nitrogens with zero attached hydrogens (tertiary/aromatic N) is 3. The van der Waals surface area contributed by atoms with Crippen molar-refractivity contribution >= 4 is 11.8 Å². The third-order valence-corrected chi connectivity index (χ3v) is 6.34. The van der Waals surface area contributed by atoms with Crippen LogP contribution < -0.4 is 9.47 Å². The molecule has 0 unspecified atom stereocenters. The minimum Gasteiger partial charge on any atom is -0.497 e. The van der Waals surface area contributed by atoms with Crippen molar-refractivity contribution < 1.29 is 23.8 Å². The fourth-order valence-electron chi connectivity index (χ4n) is 4.22. The molecule has 0 aliphatic rings. The summed E-state index contributed by atoms with van der Waals surface area (Å²) in [6.07, 6.45) is 2.01. The van der Waals surface area contributed by atoms with E-state index in [-0.39, 0.29) is 18.4 Å². The minimum atomic E-state index is -0.464. The molecule has 0 radical (unpaired) electrons. The number of aromatic nitrogens is 1. The first-order chi connectivity index (χ1) is 18.2. The molecule has 0 spiro atoms. The molecule has 0 saturated carbocycles. The smallest absolute Gasteiger partial charge is 0.254 e. The van der Waals surface area contributed by atoms with Crippen molar-refractivity contribution in [3.05, 3.63) is 83.7 Å². The highest BCUT2D eigenvalue weighted by molar-refractivity contribution is 5.97. The lowest BCUT2D eigenvalue weighted by molar-refractivity contribution is -0.137. The number of carbonyl (C=O) groups is 2. The number of hydrogen-bond acceptors (Lipinski definition) is 5. The summed E-state index contributed by atoms with van der Waals surface area (Å²) in [5.41, 5.74) is 2.10. The van der Waals surface area contributed by atoms with Gasteiger partial charge in [0.25, 0.3) is 5.91 Å². The second kappa shape index (κ2) is 13.1. The van der Waals surface area contributed by atoms with E-state index in [1.807, 2.05) is 62.2 Å². The first-order valence-electron chi connectivity index (χ1n) is 12.7. The summed E-state index contributed by atoms with van der Waals surface area (Å²) in [7, 11) is 4.79. The third kappa shape index (κ3) is 7.61. The van der Waals surface area contributed by atoms with E-state index in [1.54, 1.807) is 45.6 Å². The summed E-state index contributed by atoms with van der Waals surface area (Å²) in [6.45, 7) is 7.62. The Kier molecular flexibility index (Phi) is 9.96. The van der Waals surface area contributed by atoms with Gasteiger partial charge in [0.2, 0.25) is 5.91 Å². The molecule has 0 atom stereocenters. The molecule has 1 heterocycles. The highest BCUT2D eigenvalue weighted by Crippen LogP contribution is 2.21. The van der Waals surface area contributed by atoms with Gasteiger partial charge in [0, 0.05) is 43.2 Å². The van der Waals surface area contributed by atoms with E-state index in [2.05, 4.69) is 10.6 Å². The van der Waals surface area contributed by atoms with Gasteiger partial charge in [-0.25, -0.2) is 0 Å². The van der Waals surface area contributed by atoms with Crippen molar-refractivity contribution in [3.63, 3.8) is 0 Å². The molecule has 0 aliphatic carbocycles. The predicted molar refractivity (Wildman–Crippen MR) is 148 cm³/mol. The topological polar surface area (TPSA) is 73.2 Å². The maximum Gasteiger partial charge on any atom is 0.254 e. The Bertz CT molecular complexity index is 1210. The molecule has 38 heavy (non-hydrogen) atoms. The molecule has 2 amide bonds. The Morgan fingerprint density at radius 3 is 2.24 bits per heavy atom. The van der Waals surface area contributed by atoms with Crippen molar-refractivity contribution in [2.45, 2.75) is 39.4 Å². The highest BCUT2D eigenvalue weighted by atomic mass is 16.5. The minimum absolute atomic E-state index is 0.0622. The van der Waals surface area contributed by atoms with Crippen LogP contribution in [-0.2, 0) is 22.6 Å². The first-order valence-corrected chi connectivity index (χ1v) is 12.7. The van der Waals surface area contributed by atoms with E-state index in [4.69, 9.17) is 14.2 Å². The summed E-state index contributed by atoms with van der Waals surface area (Å²) in [6, 6.07) is 18.9. The molecule has 0 saturated heterocycles. The highest BCUT2D eigenvalue weighted by Gasteiger charge is 2.30. The largest absolute Gasteiger partial charge is 0.497 e. The Morgan fingerprint density at radius 1 is 0.895 bits per heavy atom. The zero-order chi connectivity index (χ0) is 27.7. The standard InChI is InChI=1S/C30H39N3O5/c1-30(2,3)33(21-25-12-9-15-31(25)20-23-10-7-13-26(18-23)37-5)28(34)22-32(16-17-36-4)29(35)24-11-8-14-27(19-24)38-6/h7-15,18-19H,16-17,20-22H2,1-6H3. The van der Waals surface area contributed by atoms with Gasteiger partial charge < -0.3 is 28.6 Å². The van der Waals surface area contributed by atoms with Gasteiger partial charge in [0.05, 0.1) is 27.4 Å². The second-order valence-electron chi connectivity index (χ2n) is 10.1. The van der Waals surface area contributed by atoms with Crippen LogP contribution in [0.15, 0.2) is 66.9 Å². The van der Waals surface area contributed by atoms with Gasteiger partial charge >= 0.3 is 0 Å². The van der Waals surface area contributed by atoms with Gasteiger partial charge in [0.1, 0.15) is 18.0 Å². The number of hydrogen-bond donors (Lipinski definition) is 0. The van der Waals surface area contributed by atoms with Crippen molar-refractivity contribution in [1.29, 1.82) is 0 Å². The van der Waals surface area contributed by atoms with Crippen LogP contribution in [0.25, 0.3) is 0 Å². The van der Waals surface area contributed by atoms with Crippen molar-refractivity contribution in [3.8, 4) is 11.5 Å². The third-order valence-electron chi connectivity index (χ3n) is 6.34.